The molecule has 2 aromatic rings. The van der Waals surface area contributed by atoms with Crippen molar-refractivity contribution < 1.29 is 13.4 Å². The molecule has 1 aliphatic carbocycles. The Labute approximate surface area is 167 Å². The number of rotatable bonds is 8. The molecule has 1 unspecified atom stereocenters. The number of benzene rings is 2. The van der Waals surface area contributed by atoms with Crippen molar-refractivity contribution in [1.82, 2.24) is 0 Å². The summed E-state index contributed by atoms with van der Waals surface area (Å²) in [6.07, 6.45) is 3.24. The van der Waals surface area contributed by atoms with Crippen molar-refractivity contribution in [2.75, 3.05) is 24.7 Å². The number of para-hydroxylation sites is 1. The van der Waals surface area contributed by atoms with Crippen molar-refractivity contribution in [2.45, 2.75) is 32.7 Å². The third kappa shape index (κ3) is 4.15. The molecular formula is C23H27FNO2P. The van der Waals surface area contributed by atoms with Crippen LogP contribution in [0.4, 0.5) is 10.1 Å². The fourth-order valence-electron chi connectivity index (χ4n) is 3.93. The van der Waals surface area contributed by atoms with Crippen LogP contribution in [-0.2, 0) is 9.05 Å². The minimum Gasteiger partial charge on any atom is -0.378 e. The molecule has 0 saturated heterocycles. The minimum atomic E-state index is -0.992. The summed E-state index contributed by atoms with van der Waals surface area (Å²) >= 11 is 0. The van der Waals surface area contributed by atoms with Gasteiger partial charge in [-0.1, -0.05) is 30.3 Å². The van der Waals surface area contributed by atoms with Crippen molar-refractivity contribution in [3.05, 3.63) is 71.0 Å². The molecule has 0 bridgehead atoms. The molecule has 1 heterocycles. The average Bonchev–Trinajstić information content (AvgIpc) is 3.54. The van der Waals surface area contributed by atoms with E-state index in [0.29, 0.717) is 19.1 Å². The average molecular weight is 399 g/mol. The molecule has 3 nitrogen and oxygen atoms in total. The van der Waals surface area contributed by atoms with E-state index in [9.17, 15) is 4.39 Å². The first-order valence-electron chi connectivity index (χ1n) is 10.1. The molecule has 2 aromatic carbocycles. The molecule has 0 spiro atoms. The Morgan fingerprint density at radius 3 is 2.32 bits per heavy atom. The van der Waals surface area contributed by atoms with Gasteiger partial charge >= 0.3 is 0 Å². The number of halogens is 1. The third-order valence-corrected chi connectivity index (χ3v) is 6.97. The highest BCUT2D eigenvalue weighted by atomic mass is 31.2. The van der Waals surface area contributed by atoms with Gasteiger partial charge in [-0.15, -0.1) is 0 Å². The Morgan fingerprint density at radius 1 is 1.00 bits per heavy atom. The Kier molecular flexibility index (Phi) is 6.10. The molecule has 1 aliphatic heterocycles. The fraction of sp³-hybridized carbons (Fsp3) is 0.391. The van der Waals surface area contributed by atoms with Gasteiger partial charge in [-0.05, 0) is 67.5 Å². The molecule has 1 atom stereocenters. The monoisotopic (exact) mass is 399 g/mol. The number of anilines is 1. The standard InChI is InChI=1S/C23H27FNO2P/c1-3-26-28(27-4-2)15-20-22(16-11-13-18(24)14-12-16)19-7-5-6-8-21(19)25-23(20)17-9-10-17/h5-8,11-14,17,23,25H,3-4,9-10,15H2,1-2H3. The molecule has 1 fully saturated rings. The van der Waals surface area contributed by atoms with Crippen molar-refractivity contribution in [1.29, 1.82) is 0 Å². The normalized spacial score (nSPS) is 18.9. The molecule has 0 radical (unpaired) electrons. The molecule has 4 rings (SSSR count). The summed E-state index contributed by atoms with van der Waals surface area (Å²) < 4.78 is 25.5. The van der Waals surface area contributed by atoms with Crippen LogP contribution in [0.2, 0.25) is 0 Å². The summed E-state index contributed by atoms with van der Waals surface area (Å²) in [6.45, 7) is 5.30. The van der Waals surface area contributed by atoms with Crippen LogP contribution in [0, 0.1) is 11.7 Å². The highest BCUT2D eigenvalue weighted by molar-refractivity contribution is 7.47. The van der Waals surface area contributed by atoms with Gasteiger partial charge in [0, 0.05) is 17.4 Å². The van der Waals surface area contributed by atoms with Crippen LogP contribution in [0.5, 0.6) is 0 Å². The lowest BCUT2D eigenvalue weighted by Crippen LogP contribution is -2.31. The Hall–Kier alpha value is -1.74. The molecule has 2 aliphatic rings. The number of fused-ring (bicyclic) bond motifs is 1. The van der Waals surface area contributed by atoms with E-state index in [-0.39, 0.29) is 11.9 Å². The van der Waals surface area contributed by atoms with Crippen LogP contribution < -0.4 is 5.32 Å². The lowest BCUT2D eigenvalue weighted by Gasteiger charge is -2.34. The largest absolute Gasteiger partial charge is 0.378 e. The van der Waals surface area contributed by atoms with Gasteiger partial charge in [0.05, 0.1) is 19.3 Å². The summed E-state index contributed by atoms with van der Waals surface area (Å²) in [5, 5.41) is 3.78. The number of hydrogen-bond acceptors (Lipinski definition) is 3. The maximum atomic E-state index is 13.6. The summed E-state index contributed by atoms with van der Waals surface area (Å²) in [5.41, 5.74) is 5.92. The van der Waals surface area contributed by atoms with Crippen LogP contribution in [0.25, 0.3) is 5.57 Å². The van der Waals surface area contributed by atoms with E-state index in [1.165, 1.54) is 29.6 Å². The maximum Gasteiger partial charge on any atom is 0.174 e. The van der Waals surface area contributed by atoms with Crippen molar-refractivity contribution in [2.24, 2.45) is 5.92 Å². The highest BCUT2D eigenvalue weighted by Gasteiger charge is 2.39. The topological polar surface area (TPSA) is 30.5 Å². The van der Waals surface area contributed by atoms with E-state index < -0.39 is 8.38 Å². The second-order valence-electron chi connectivity index (χ2n) is 7.24. The number of nitrogens with one attached hydrogen (secondary N) is 1. The highest BCUT2D eigenvalue weighted by Crippen LogP contribution is 2.50. The van der Waals surface area contributed by atoms with Crippen molar-refractivity contribution in [3.8, 4) is 0 Å². The van der Waals surface area contributed by atoms with Gasteiger partial charge in [-0.25, -0.2) is 4.39 Å². The molecule has 1 N–H and O–H groups in total. The maximum absolute atomic E-state index is 13.6. The van der Waals surface area contributed by atoms with E-state index in [4.69, 9.17) is 9.05 Å². The van der Waals surface area contributed by atoms with Gasteiger partial charge in [0.25, 0.3) is 0 Å². The first-order chi connectivity index (χ1) is 13.7. The summed E-state index contributed by atoms with van der Waals surface area (Å²) in [6, 6.07) is 15.6. The van der Waals surface area contributed by atoms with Crippen LogP contribution in [0.15, 0.2) is 54.1 Å². The van der Waals surface area contributed by atoms with Gasteiger partial charge in [-0.2, -0.15) is 0 Å². The molecule has 1 saturated carbocycles. The molecule has 148 valence electrons. The molecule has 5 heteroatoms. The Balaban J connectivity index is 1.84. The Bertz CT molecular complexity index is 842. The SMILES string of the molecule is CCOP(CC1=C(c2ccc(F)cc2)c2ccccc2NC1C1CC1)OCC. The minimum absolute atomic E-state index is 0.210. The second kappa shape index (κ2) is 8.73. The van der Waals surface area contributed by atoms with Gasteiger partial charge in [0.1, 0.15) is 5.82 Å². The third-order valence-electron chi connectivity index (χ3n) is 5.28. The molecule has 0 amide bonds. The lowest BCUT2D eigenvalue weighted by atomic mass is 9.84. The zero-order valence-electron chi connectivity index (χ0n) is 16.5. The van der Waals surface area contributed by atoms with Gasteiger partial charge in [0.15, 0.2) is 8.38 Å². The van der Waals surface area contributed by atoms with E-state index in [2.05, 4.69) is 29.6 Å². The van der Waals surface area contributed by atoms with E-state index in [1.807, 2.05) is 26.0 Å². The van der Waals surface area contributed by atoms with Crippen molar-refractivity contribution in [3.63, 3.8) is 0 Å². The first-order valence-corrected chi connectivity index (χ1v) is 11.5. The van der Waals surface area contributed by atoms with Crippen LogP contribution in [0.1, 0.15) is 37.8 Å². The summed E-state index contributed by atoms with van der Waals surface area (Å²) in [4.78, 5) is 0. The van der Waals surface area contributed by atoms with Crippen molar-refractivity contribution >= 4 is 19.6 Å². The zero-order chi connectivity index (χ0) is 19.5. The molecular weight excluding hydrogens is 372 g/mol. The smallest absolute Gasteiger partial charge is 0.174 e. The lowest BCUT2D eigenvalue weighted by molar-refractivity contribution is 0.270. The van der Waals surface area contributed by atoms with Crippen LogP contribution >= 0.6 is 8.38 Å². The van der Waals surface area contributed by atoms with Crippen LogP contribution in [-0.4, -0.2) is 25.4 Å². The van der Waals surface area contributed by atoms with E-state index in [1.54, 1.807) is 12.1 Å². The van der Waals surface area contributed by atoms with E-state index >= 15 is 0 Å². The van der Waals surface area contributed by atoms with Gasteiger partial charge < -0.3 is 14.4 Å². The van der Waals surface area contributed by atoms with Crippen LogP contribution in [0.3, 0.4) is 0 Å². The van der Waals surface area contributed by atoms with Gasteiger partial charge in [0.2, 0.25) is 0 Å². The summed E-state index contributed by atoms with van der Waals surface area (Å²) in [5.74, 6) is 0.427. The second-order valence-corrected chi connectivity index (χ2v) is 8.74. The van der Waals surface area contributed by atoms with Gasteiger partial charge in [-0.3, -0.25) is 0 Å². The van der Waals surface area contributed by atoms with E-state index in [0.717, 1.165) is 17.4 Å². The predicted octanol–water partition coefficient (Wildman–Crippen LogP) is 6.22. The Morgan fingerprint density at radius 2 is 1.68 bits per heavy atom. The summed E-state index contributed by atoms with van der Waals surface area (Å²) in [7, 11) is -0.992. The first kappa shape index (κ1) is 19.6. The number of hydrogen-bond donors (Lipinski definition) is 1. The molecule has 0 aromatic heterocycles. The quantitative estimate of drug-likeness (QED) is 0.535. The predicted molar refractivity (Wildman–Crippen MR) is 114 cm³/mol. The molecule has 28 heavy (non-hydrogen) atoms. The zero-order valence-corrected chi connectivity index (χ0v) is 17.3. The fourth-order valence-corrected chi connectivity index (χ4v) is 5.40.